The molecule has 22 heavy (non-hydrogen) atoms. The molecule has 0 atom stereocenters. The Morgan fingerprint density at radius 1 is 0.955 bits per heavy atom. The summed E-state index contributed by atoms with van der Waals surface area (Å²) >= 11 is 0. The van der Waals surface area contributed by atoms with E-state index >= 15 is 0 Å². The molecule has 0 aromatic heterocycles. The van der Waals surface area contributed by atoms with Gasteiger partial charge in [-0.05, 0) is 25.7 Å². The van der Waals surface area contributed by atoms with Crippen LogP contribution in [-0.4, -0.2) is 33.4 Å². The van der Waals surface area contributed by atoms with E-state index in [9.17, 15) is 4.79 Å². The highest BCUT2D eigenvalue weighted by Crippen LogP contribution is 2.35. The normalized spacial score (nSPS) is 16.2. The summed E-state index contributed by atoms with van der Waals surface area (Å²) in [5.41, 5.74) is 0.315. The molecule has 1 aliphatic rings. The van der Waals surface area contributed by atoms with Crippen LogP contribution in [0.3, 0.4) is 0 Å². The van der Waals surface area contributed by atoms with E-state index in [-0.39, 0.29) is 0 Å². The molecule has 1 aromatic carbocycles. The Hall–Kier alpha value is -2.17. The zero-order valence-corrected chi connectivity index (χ0v) is 13.1. The van der Waals surface area contributed by atoms with E-state index < -0.39 is 5.97 Å². The van der Waals surface area contributed by atoms with Gasteiger partial charge in [0.1, 0.15) is 22.8 Å². The van der Waals surface area contributed by atoms with Crippen molar-refractivity contribution in [1.29, 1.82) is 0 Å². The summed E-state index contributed by atoms with van der Waals surface area (Å²) in [6.07, 6.45) is 7.78. The van der Waals surface area contributed by atoms with Crippen molar-refractivity contribution < 1.29 is 23.7 Å². The third-order valence-corrected chi connectivity index (χ3v) is 3.39. The molecule has 0 radical (unpaired) electrons. The van der Waals surface area contributed by atoms with Crippen molar-refractivity contribution in [2.24, 2.45) is 0 Å². The summed E-state index contributed by atoms with van der Waals surface area (Å²) < 4.78 is 21.6. The van der Waals surface area contributed by atoms with Gasteiger partial charge in [-0.15, -0.1) is 0 Å². The smallest absolute Gasteiger partial charge is 0.345 e. The quantitative estimate of drug-likeness (QED) is 0.619. The van der Waals surface area contributed by atoms with E-state index in [4.69, 9.17) is 18.9 Å². The number of methoxy groups -OCH3 is 2. The van der Waals surface area contributed by atoms with Crippen molar-refractivity contribution in [3.63, 3.8) is 0 Å². The van der Waals surface area contributed by atoms with E-state index in [1.807, 2.05) is 0 Å². The maximum absolute atomic E-state index is 12.3. The molecule has 1 aliphatic heterocycles. The third kappa shape index (κ3) is 4.16. The molecule has 1 aromatic rings. The average molecular weight is 306 g/mol. The highest BCUT2D eigenvalue weighted by atomic mass is 16.5. The minimum Gasteiger partial charge on any atom is -0.496 e. The molecule has 0 fully saturated rings. The number of hydrogen-bond acceptors (Lipinski definition) is 5. The molecule has 0 aliphatic carbocycles. The molecule has 0 amide bonds. The molecule has 0 N–H and O–H groups in total. The van der Waals surface area contributed by atoms with Crippen LogP contribution in [0.4, 0.5) is 0 Å². The van der Waals surface area contributed by atoms with Crippen molar-refractivity contribution in [1.82, 2.24) is 0 Å². The molecule has 0 unspecified atom stereocenters. The summed E-state index contributed by atoms with van der Waals surface area (Å²) in [6, 6.07) is 3.34. The summed E-state index contributed by atoms with van der Waals surface area (Å²) in [6.45, 7) is 0.888. The monoisotopic (exact) mass is 306 g/mol. The largest absolute Gasteiger partial charge is 0.496 e. The molecule has 1 heterocycles. The van der Waals surface area contributed by atoms with Gasteiger partial charge in [0.2, 0.25) is 0 Å². The number of allylic oxidation sites excluding steroid dienone is 2. The molecule has 0 saturated heterocycles. The van der Waals surface area contributed by atoms with Gasteiger partial charge in [0.25, 0.3) is 0 Å². The second-order valence-corrected chi connectivity index (χ2v) is 4.94. The maximum atomic E-state index is 12.3. The summed E-state index contributed by atoms with van der Waals surface area (Å²) in [5, 5.41) is 0. The molecular weight excluding hydrogens is 284 g/mol. The number of cyclic esters (lactones) is 1. The van der Waals surface area contributed by atoms with Gasteiger partial charge >= 0.3 is 5.97 Å². The maximum Gasteiger partial charge on any atom is 0.345 e. The van der Waals surface area contributed by atoms with Crippen molar-refractivity contribution in [3.05, 3.63) is 29.8 Å². The Kier molecular flexibility index (Phi) is 6.13. The molecular formula is C17H22O5. The predicted molar refractivity (Wildman–Crippen MR) is 82.9 cm³/mol. The fraction of sp³-hybridized carbons (Fsp3) is 0.471. The fourth-order valence-corrected chi connectivity index (χ4v) is 2.22. The first-order valence-electron chi connectivity index (χ1n) is 7.47. The van der Waals surface area contributed by atoms with Crippen molar-refractivity contribution >= 4 is 5.97 Å². The minimum atomic E-state index is -0.433. The lowest BCUT2D eigenvalue weighted by Gasteiger charge is -2.15. The molecule has 0 saturated carbocycles. The van der Waals surface area contributed by atoms with Crippen molar-refractivity contribution in [3.8, 4) is 17.2 Å². The van der Waals surface area contributed by atoms with Crippen LogP contribution in [0.2, 0.25) is 0 Å². The van der Waals surface area contributed by atoms with Crippen LogP contribution < -0.4 is 14.2 Å². The Morgan fingerprint density at radius 3 is 2.27 bits per heavy atom. The lowest BCUT2D eigenvalue weighted by molar-refractivity contribution is 0.0493. The van der Waals surface area contributed by atoms with E-state index in [0.29, 0.717) is 36.0 Å². The number of fused-ring (bicyclic) bond motifs is 1. The standard InChI is InChI=1S/C17H22O5/c1-19-13-11-14(20-2)16-15(12-13)21-9-7-5-3-4-6-8-10-22-17(16)18/h3-4,11-12H,5-10H2,1-2H3. The van der Waals surface area contributed by atoms with Crippen LogP contribution in [0.5, 0.6) is 17.2 Å². The number of carbonyl (C=O) groups is 1. The zero-order valence-electron chi connectivity index (χ0n) is 13.1. The van der Waals surface area contributed by atoms with Crippen LogP contribution in [0.15, 0.2) is 24.3 Å². The Morgan fingerprint density at radius 2 is 1.64 bits per heavy atom. The Bertz CT molecular complexity index is 536. The van der Waals surface area contributed by atoms with Crippen LogP contribution in [-0.2, 0) is 4.74 Å². The second-order valence-electron chi connectivity index (χ2n) is 4.94. The minimum absolute atomic E-state index is 0.315. The average Bonchev–Trinajstić information content (AvgIpc) is 2.56. The van der Waals surface area contributed by atoms with Crippen molar-refractivity contribution in [2.45, 2.75) is 25.7 Å². The lowest BCUT2D eigenvalue weighted by atomic mass is 10.1. The topological polar surface area (TPSA) is 54.0 Å². The number of carbonyl (C=O) groups excluding carboxylic acids is 1. The summed E-state index contributed by atoms with van der Waals surface area (Å²) in [7, 11) is 3.07. The van der Waals surface area contributed by atoms with Crippen molar-refractivity contribution in [2.75, 3.05) is 27.4 Å². The van der Waals surface area contributed by atoms with Crippen LogP contribution in [0, 0.1) is 0 Å². The predicted octanol–water partition coefficient (Wildman–Crippen LogP) is 3.37. The van der Waals surface area contributed by atoms with Crippen LogP contribution in [0.25, 0.3) is 0 Å². The van der Waals surface area contributed by atoms with Gasteiger partial charge in [-0.3, -0.25) is 0 Å². The number of hydrogen-bond donors (Lipinski definition) is 0. The Labute approximate surface area is 130 Å². The lowest BCUT2D eigenvalue weighted by Crippen LogP contribution is -2.11. The van der Waals surface area contributed by atoms with Gasteiger partial charge in [0.05, 0.1) is 27.4 Å². The first kappa shape index (κ1) is 16.2. The van der Waals surface area contributed by atoms with Crippen LogP contribution in [0.1, 0.15) is 36.0 Å². The highest BCUT2D eigenvalue weighted by Gasteiger charge is 2.22. The molecule has 2 rings (SSSR count). The first-order valence-corrected chi connectivity index (χ1v) is 7.47. The fourth-order valence-electron chi connectivity index (χ4n) is 2.22. The van der Waals surface area contributed by atoms with E-state index in [1.165, 1.54) is 7.11 Å². The number of rotatable bonds is 2. The van der Waals surface area contributed by atoms with Gasteiger partial charge in [-0.25, -0.2) is 4.79 Å². The highest BCUT2D eigenvalue weighted by molar-refractivity contribution is 5.96. The molecule has 0 bridgehead atoms. The van der Waals surface area contributed by atoms with Gasteiger partial charge in [0.15, 0.2) is 0 Å². The molecule has 0 spiro atoms. The second kappa shape index (κ2) is 8.32. The van der Waals surface area contributed by atoms with Gasteiger partial charge < -0.3 is 18.9 Å². The number of esters is 1. The van der Waals surface area contributed by atoms with Gasteiger partial charge in [-0.2, -0.15) is 0 Å². The van der Waals surface area contributed by atoms with E-state index in [1.54, 1.807) is 19.2 Å². The number of ether oxygens (including phenoxy) is 4. The number of benzene rings is 1. The summed E-state index contributed by atoms with van der Waals surface area (Å²) in [4.78, 5) is 12.3. The van der Waals surface area contributed by atoms with Crippen LogP contribution >= 0.6 is 0 Å². The molecule has 120 valence electrons. The molecule has 5 nitrogen and oxygen atoms in total. The van der Waals surface area contributed by atoms with Gasteiger partial charge in [0, 0.05) is 12.1 Å². The summed E-state index contributed by atoms with van der Waals surface area (Å²) in [5.74, 6) is 0.974. The van der Waals surface area contributed by atoms with Gasteiger partial charge in [-0.1, -0.05) is 12.2 Å². The van der Waals surface area contributed by atoms with E-state index in [2.05, 4.69) is 12.2 Å². The SMILES string of the molecule is COc1cc(OC)c2c(c1)OCCCC=CCCCOC2=O. The third-order valence-electron chi connectivity index (χ3n) is 3.39. The first-order chi connectivity index (χ1) is 10.8. The Balaban J connectivity index is 2.33. The van der Waals surface area contributed by atoms with E-state index in [0.717, 1.165) is 25.7 Å². The molecule has 5 heteroatoms. The zero-order chi connectivity index (χ0) is 15.8.